The van der Waals surface area contributed by atoms with Gasteiger partial charge in [0, 0.05) is 50.1 Å². The molecule has 8 nitrogen and oxygen atoms in total. The minimum atomic E-state index is -3.26. The summed E-state index contributed by atoms with van der Waals surface area (Å²) in [5.41, 5.74) is 1.29. The fourth-order valence-electron chi connectivity index (χ4n) is 4.95. The minimum Gasteiger partial charge on any atom is -0.495 e. The van der Waals surface area contributed by atoms with Crippen LogP contribution in [-0.2, 0) is 16.3 Å². The number of halogens is 1. The van der Waals surface area contributed by atoms with E-state index in [-0.39, 0.29) is 10.3 Å². The molecule has 0 aliphatic carbocycles. The highest BCUT2D eigenvalue weighted by Gasteiger charge is 2.42. The van der Waals surface area contributed by atoms with Crippen molar-refractivity contribution < 1.29 is 18.3 Å². The van der Waals surface area contributed by atoms with Crippen molar-refractivity contribution in [1.82, 2.24) is 9.88 Å². The van der Waals surface area contributed by atoms with Gasteiger partial charge in [0.2, 0.25) is 0 Å². The molecule has 2 aromatic rings. The molecule has 3 heterocycles. The van der Waals surface area contributed by atoms with Crippen molar-refractivity contribution >= 4 is 27.3 Å². The summed E-state index contributed by atoms with van der Waals surface area (Å²) in [4.78, 5) is 8.91. The Bertz CT molecular complexity index is 1190. The molecule has 0 saturated carbocycles. The predicted molar refractivity (Wildman–Crippen MR) is 130 cm³/mol. The van der Waals surface area contributed by atoms with Crippen LogP contribution >= 0.6 is 11.6 Å². The molecule has 0 bridgehead atoms. The number of anilines is 1. The Morgan fingerprint density at radius 3 is 2.56 bits per heavy atom. The van der Waals surface area contributed by atoms with Crippen LogP contribution in [-0.4, -0.2) is 69.2 Å². The van der Waals surface area contributed by atoms with Gasteiger partial charge in [-0.2, -0.15) is 5.26 Å². The number of hydrogen-bond donors (Lipinski definition) is 1. The number of aliphatic hydroxyl groups is 1. The molecule has 1 spiro atoms. The number of benzene rings is 1. The number of aliphatic hydroxyl groups excluding tert-OH is 1. The van der Waals surface area contributed by atoms with E-state index in [4.69, 9.17) is 16.3 Å². The van der Waals surface area contributed by atoms with E-state index in [1.807, 2.05) is 0 Å². The van der Waals surface area contributed by atoms with Crippen molar-refractivity contribution in [2.24, 2.45) is 5.41 Å². The second-order valence-electron chi connectivity index (χ2n) is 9.27. The number of nitrogens with zero attached hydrogens (tertiary/aromatic N) is 4. The lowest BCUT2D eigenvalue weighted by Crippen LogP contribution is -2.47. The van der Waals surface area contributed by atoms with Gasteiger partial charge in [0.1, 0.15) is 23.9 Å². The third kappa shape index (κ3) is 5.15. The maximum atomic E-state index is 11.7. The van der Waals surface area contributed by atoms with Crippen molar-refractivity contribution in [2.75, 3.05) is 44.4 Å². The zero-order chi connectivity index (χ0) is 24.5. The van der Waals surface area contributed by atoms with Crippen molar-refractivity contribution in [3.8, 4) is 11.8 Å². The van der Waals surface area contributed by atoms with Crippen molar-refractivity contribution in [2.45, 2.75) is 36.8 Å². The number of nitriles is 1. The highest BCUT2D eigenvalue weighted by molar-refractivity contribution is 7.90. The summed E-state index contributed by atoms with van der Waals surface area (Å²) in [5, 5.41) is 20.5. The van der Waals surface area contributed by atoms with E-state index < -0.39 is 16.1 Å². The normalized spacial score (nSPS) is 19.2. The topological polar surface area (TPSA) is 107 Å². The summed E-state index contributed by atoms with van der Waals surface area (Å²) in [6.45, 7) is 3.32. The number of piperidine rings is 1. The lowest BCUT2D eigenvalue weighted by molar-refractivity contribution is -0.0300. The van der Waals surface area contributed by atoms with Gasteiger partial charge in [-0.1, -0.05) is 11.6 Å². The van der Waals surface area contributed by atoms with E-state index in [9.17, 15) is 18.8 Å². The first-order valence-corrected chi connectivity index (χ1v) is 13.5. The van der Waals surface area contributed by atoms with E-state index in [1.54, 1.807) is 24.3 Å². The van der Waals surface area contributed by atoms with Gasteiger partial charge in [0.15, 0.2) is 9.84 Å². The maximum absolute atomic E-state index is 11.7. The molecule has 1 unspecified atom stereocenters. The first kappa shape index (κ1) is 24.7. The number of hydrogen-bond acceptors (Lipinski definition) is 8. The van der Waals surface area contributed by atoms with E-state index in [1.165, 1.54) is 19.6 Å². The number of aromatic nitrogens is 1. The van der Waals surface area contributed by atoms with Gasteiger partial charge in [0.25, 0.3) is 0 Å². The number of rotatable bonds is 6. The Labute approximate surface area is 205 Å². The van der Waals surface area contributed by atoms with E-state index in [2.05, 4.69) is 20.9 Å². The van der Waals surface area contributed by atoms with Gasteiger partial charge < -0.3 is 14.7 Å². The Kier molecular flexibility index (Phi) is 7.06. The molecule has 2 aliphatic heterocycles. The number of methoxy groups -OCH3 is 1. The van der Waals surface area contributed by atoms with Crippen molar-refractivity contribution in [3.63, 3.8) is 0 Å². The molecular weight excluding hydrogens is 476 g/mol. The van der Waals surface area contributed by atoms with Crippen LogP contribution in [0.15, 0.2) is 35.4 Å². The molecule has 0 amide bonds. The Morgan fingerprint density at radius 2 is 1.97 bits per heavy atom. The first-order chi connectivity index (χ1) is 16.1. The first-order valence-electron chi connectivity index (χ1n) is 11.2. The van der Waals surface area contributed by atoms with Crippen LogP contribution in [0.1, 0.15) is 30.4 Å². The second kappa shape index (κ2) is 9.70. The van der Waals surface area contributed by atoms with Gasteiger partial charge in [-0.05, 0) is 54.5 Å². The minimum absolute atomic E-state index is 0.169. The van der Waals surface area contributed by atoms with E-state index >= 15 is 0 Å². The lowest BCUT2D eigenvalue weighted by Gasteiger charge is -2.41. The monoisotopic (exact) mass is 504 g/mol. The average molecular weight is 505 g/mol. The summed E-state index contributed by atoms with van der Waals surface area (Å²) in [6, 6.07) is 8.77. The van der Waals surface area contributed by atoms with Gasteiger partial charge in [-0.15, -0.1) is 0 Å². The molecule has 1 aromatic heterocycles. The third-order valence-electron chi connectivity index (χ3n) is 7.08. The molecule has 4 rings (SSSR count). The molecule has 2 aliphatic rings. The van der Waals surface area contributed by atoms with Crippen LogP contribution in [0.4, 0.5) is 5.82 Å². The number of sulfone groups is 1. The van der Waals surface area contributed by atoms with Gasteiger partial charge >= 0.3 is 0 Å². The highest BCUT2D eigenvalue weighted by Crippen LogP contribution is 2.42. The molecular formula is C24H29ClN4O4S. The largest absolute Gasteiger partial charge is 0.495 e. The van der Waals surface area contributed by atoms with Crippen LogP contribution in [0.25, 0.3) is 0 Å². The van der Waals surface area contributed by atoms with Crippen LogP contribution in [0.5, 0.6) is 5.75 Å². The van der Waals surface area contributed by atoms with Crippen LogP contribution in [0.2, 0.25) is 5.02 Å². The molecule has 10 heteroatoms. The van der Waals surface area contributed by atoms with Crippen LogP contribution in [0.3, 0.4) is 0 Å². The summed E-state index contributed by atoms with van der Waals surface area (Å²) < 4.78 is 28.6. The van der Waals surface area contributed by atoms with E-state index in [0.717, 1.165) is 56.8 Å². The predicted octanol–water partition coefficient (Wildman–Crippen LogP) is 2.87. The summed E-state index contributed by atoms with van der Waals surface area (Å²) in [5.74, 6) is 1.26. The van der Waals surface area contributed by atoms with Gasteiger partial charge in [-0.25, -0.2) is 13.4 Å². The molecule has 1 aromatic carbocycles. The smallest absolute Gasteiger partial charge is 0.177 e. The fourth-order valence-corrected chi connectivity index (χ4v) is 5.75. The Morgan fingerprint density at radius 1 is 1.26 bits per heavy atom. The zero-order valence-corrected chi connectivity index (χ0v) is 20.9. The number of pyridine rings is 1. The molecule has 182 valence electrons. The molecule has 2 saturated heterocycles. The molecule has 1 N–H and O–H groups in total. The molecule has 34 heavy (non-hydrogen) atoms. The summed E-state index contributed by atoms with van der Waals surface area (Å²) in [7, 11) is -1.75. The zero-order valence-electron chi connectivity index (χ0n) is 19.4. The fraction of sp³-hybridized carbons (Fsp3) is 0.500. The lowest BCUT2D eigenvalue weighted by atomic mass is 9.77. The molecule has 0 radical (unpaired) electrons. The molecule has 2 fully saturated rings. The van der Waals surface area contributed by atoms with E-state index in [0.29, 0.717) is 22.8 Å². The average Bonchev–Trinajstić information content (AvgIpc) is 3.23. The van der Waals surface area contributed by atoms with Gasteiger partial charge in [0.05, 0.1) is 17.6 Å². The van der Waals surface area contributed by atoms with Crippen molar-refractivity contribution in [3.05, 3.63) is 46.6 Å². The summed E-state index contributed by atoms with van der Waals surface area (Å²) in [6.07, 6.45) is 5.27. The van der Waals surface area contributed by atoms with Crippen LogP contribution in [0, 0.1) is 16.7 Å². The number of ether oxygens (including phenoxy) is 1. The highest BCUT2D eigenvalue weighted by atomic mass is 35.5. The summed E-state index contributed by atoms with van der Waals surface area (Å²) >= 11 is 6.35. The van der Waals surface area contributed by atoms with Gasteiger partial charge in [-0.3, -0.25) is 4.90 Å². The molecule has 1 atom stereocenters. The number of likely N-dealkylation sites (tertiary alicyclic amines) is 1. The third-order valence-corrected chi connectivity index (χ3v) is 8.53. The quantitative estimate of drug-likeness (QED) is 0.640. The maximum Gasteiger partial charge on any atom is 0.177 e. The SMILES string of the molecule is COc1cc(CC(O)N2CCC3(CCN(c4ccc(S(C)(=O)=O)cn4)C3)CC2)c(Cl)cc1C#N. The Balaban J connectivity index is 1.36. The standard InChI is InChI=1S/C24H29ClN4O4S/c1-33-21-12-17(20(25)11-18(21)14-26)13-23(30)28-8-5-24(6-9-28)7-10-29(16-24)22-4-3-19(15-27-22)34(2,31)32/h3-4,11-12,15,23,30H,5-10,13,16H2,1-2H3. The second-order valence-corrected chi connectivity index (χ2v) is 11.7. The van der Waals surface area contributed by atoms with Crippen LogP contribution < -0.4 is 9.64 Å². The Hall–Kier alpha value is -2.38. The van der Waals surface area contributed by atoms with Crippen molar-refractivity contribution in [1.29, 1.82) is 5.26 Å².